The second-order valence-electron chi connectivity index (χ2n) is 7.34. The lowest BCUT2D eigenvalue weighted by atomic mass is 10.1. The highest BCUT2D eigenvalue weighted by molar-refractivity contribution is 5.96. The van der Waals surface area contributed by atoms with E-state index in [0.717, 1.165) is 16.9 Å². The van der Waals surface area contributed by atoms with Crippen LogP contribution in [0.15, 0.2) is 47.0 Å². The lowest BCUT2D eigenvalue weighted by molar-refractivity contribution is -0.117. The molecule has 0 aliphatic carbocycles. The minimum atomic E-state index is -0.159. The number of ether oxygens (including phenoxy) is 2. The number of anilines is 2. The Morgan fingerprint density at radius 2 is 1.80 bits per heavy atom. The van der Waals surface area contributed by atoms with Crippen molar-refractivity contribution in [3.8, 4) is 22.9 Å². The van der Waals surface area contributed by atoms with Gasteiger partial charge >= 0.3 is 0 Å². The normalized spacial score (nSPS) is 16.1. The number of rotatable bonds is 6. The zero-order chi connectivity index (χ0) is 21.3. The zero-order valence-corrected chi connectivity index (χ0v) is 17.5. The van der Waals surface area contributed by atoms with Crippen LogP contribution in [0.2, 0.25) is 0 Å². The van der Waals surface area contributed by atoms with Gasteiger partial charge in [0, 0.05) is 50.1 Å². The van der Waals surface area contributed by atoms with Gasteiger partial charge in [0.1, 0.15) is 0 Å². The van der Waals surface area contributed by atoms with Crippen LogP contribution in [-0.2, 0) is 4.79 Å². The molecule has 1 unspecified atom stereocenters. The smallest absolute Gasteiger partial charge is 0.232 e. The molecule has 156 valence electrons. The van der Waals surface area contributed by atoms with Crippen molar-refractivity contribution in [2.24, 2.45) is 0 Å². The van der Waals surface area contributed by atoms with E-state index in [-0.39, 0.29) is 11.8 Å². The number of amides is 1. The lowest BCUT2D eigenvalue weighted by Gasteiger charge is -2.18. The van der Waals surface area contributed by atoms with Gasteiger partial charge in [-0.2, -0.15) is 4.98 Å². The van der Waals surface area contributed by atoms with Crippen LogP contribution in [0.5, 0.6) is 11.5 Å². The van der Waals surface area contributed by atoms with Gasteiger partial charge in [0.2, 0.25) is 17.6 Å². The van der Waals surface area contributed by atoms with E-state index in [9.17, 15) is 4.79 Å². The molecule has 1 aliphatic heterocycles. The standard InChI is InChI=1S/C22H24N4O4/c1-25(2)16-7-5-14(6-8-16)21-23-22(30-24-21)15-11-20(27)26(13-15)17-9-10-18(28-3)19(12-17)29-4/h5-10,12,15H,11,13H2,1-4H3. The SMILES string of the molecule is COc1ccc(N2CC(c3nc(-c4ccc(N(C)C)cc4)no3)CC2=O)cc1OC. The Bertz CT molecular complexity index is 1050. The Hall–Kier alpha value is -3.55. The van der Waals surface area contributed by atoms with Crippen molar-refractivity contribution in [3.05, 3.63) is 48.4 Å². The van der Waals surface area contributed by atoms with Crippen LogP contribution in [0.3, 0.4) is 0 Å². The Kier molecular flexibility index (Phi) is 5.31. The van der Waals surface area contributed by atoms with E-state index in [0.29, 0.717) is 36.2 Å². The van der Waals surface area contributed by atoms with Crippen molar-refractivity contribution in [2.45, 2.75) is 12.3 Å². The number of hydrogen-bond acceptors (Lipinski definition) is 7. The molecule has 2 aromatic carbocycles. The Morgan fingerprint density at radius 1 is 1.07 bits per heavy atom. The highest BCUT2D eigenvalue weighted by Crippen LogP contribution is 2.36. The zero-order valence-electron chi connectivity index (χ0n) is 17.5. The monoisotopic (exact) mass is 408 g/mol. The fourth-order valence-electron chi connectivity index (χ4n) is 3.54. The summed E-state index contributed by atoms with van der Waals surface area (Å²) in [7, 11) is 7.13. The molecule has 8 nitrogen and oxygen atoms in total. The molecule has 2 heterocycles. The molecule has 0 radical (unpaired) electrons. The van der Waals surface area contributed by atoms with E-state index in [2.05, 4.69) is 10.1 Å². The van der Waals surface area contributed by atoms with Crippen molar-refractivity contribution in [2.75, 3.05) is 44.7 Å². The third kappa shape index (κ3) is 3.68. The number of carbonyl (C=O) groups excluding carboxylic acids is 1. The summed E-state index contributed by atoms with van der Waals surface area (Å²) < 4.78 is 16.1. The molecular formula is C22H24N4O4. The van der Waals surface area contributed by atoms with Crippen LogP contribution in [0.1, 0.15) is 18.2 Å². The molecule has 0 bridgehead atoms. The summed E-state index contributed by atoms with van der Waals surface area (Å²) in [5, 5.41) is 4.11. The van der Waals surface area contributed by atoms with Crippen LogP contribution in [0.4, 0.5) is 11.4 Å². The van der Waals surface area contributed by atoms with Crippen molar-refractivity contribution in [1.29, 1.82) is 0 Å². The van der Waals surface area contributed by atoms with Crippen LogP contribution in [0, 0.1) is 0 Å². The first-order valence-electron chi connectivity index (χ1n) is 9.64. The van der Waals surface area contributed by atoms with Crippen LogP contribution in [-0.4, -0.2) is 50.9 Å². The summed E-state index contributed by atoms with van der Waals surface area (Å²) in [6.07, 6.45) is 0.315. The molecule has 4 rings (SSSR count). The van der Waals surface area contributed by atoms with Crippen LogP contribution >= 0.6 is 0 Å². The van der Waals surface area contributed by atoms with Crippen LogP contribution in [0.25, 0.3) is 11.4 Å². The quantitative estimate of drug-likeness (QED) is 0.619. The fraction of sp³-hybridized carbons (Fsp3) is 0.318. The summed E-state index contributed by atoms with van der Waals surface area (Å²) in [5.41, 5.74) is 2.71. The Labute approximate surface area is 175 Å². The minimum Gasteiger partial charge on any atom is -0.493 e. The summed E-state index contributed by atoms with van der Waals surface area (Å²) in [6, 6.07) is 13.3. The molecule has 30 heavy (non-hydrogen) atoms. The van der Waals surface area contributed by atoms with Crippen molar-refractivity contribution in [1.82, 2.24) is 10.1 Å². The molecule has 0 saturated carbocycles. The average molecular weight is 408 g/mol. The second-order valence-corrected chi connectivity index (χ2v) is 7.34. The topological polar surface area (TPSA) is 80.9 Å². The largest absolute Gasteiger partial charge is 0.493 e. The van der Waals surface area contributed by atoms with E-state index in [1.807, 2.05) is 49.3 Å². The molecule has 8 heteroatoms. The Balaban J connectivity index is 1.52. The number of aromatic nitrogens is 2. The molecule has 1 fully saturated rings. The van der Waals surface area contributed by atoms with E-state index < -0.39 is 0 Å². The third-order valence-corrected chi connectivity index (χ3v) is 5.24. The van der Waals surface area contributed by atoms with Gasteiger partial charge in [0.05, 0.1) is 20.1 Å². The average Bonchev–Trinajstić information content (AvgIpc) is 3.40. The molecule has 1 aromatic heterocycles. The van der Waals surface area contributed by atoms with Gasteiger partial charge < -0.3 is 23.8 Å². The van der Waals surface area contributed by atoms with Gasteiger partial charge in [-0.3, -0.25) is 4.79 Å². The molecular weight excluding hydrogens is 384 g/mol. The van der Waals surface area contributed by atoms with Gasteiger partial charge in [-0.15, -0.1) is 0 Å². The predicted molar refractivity (Wildman–Crippen MR) is 113 cm³/mol. The van der Waals surface area contributed by atoms with Crippen molar-refractivity contribution in [3.63, 3.8) is 0 Å². The van der Waals surface area contributed by atoms with Crippen molar-refractivity contribution < 1.29 is 18.8 Å². The van der Waals surface area contributed by atoms with Gasteiger partial charge in [0.15, 0.2) is 11.5 Å². The van der Waals surface area contributed by atoms with Crippen LogP contribution < -0.4 is 19.3 Å². The molecule has 1 atom stereocenters. The molecule has 0 N–H and O–H groups in total. The first kappa shape index (κ1) is 19.8. The number of nitrogens with zero attached hydrogens (tertiary/aromatic N) is 4. The fourth-order valence-corrected chi connectivity index (χ4v) is 3.54. The van der Waals surface area contributed by atoms with Gasteiger partial charge in [-0.1, -0.05) is 5.16 Å². The Morgan fingerprint density at radius 3 is 2.47 bits per heavy atom. The molecule has 3 aromatic rings. The summed E-state index contributed by atoms with van der Waals surface area (Å²) in [5.74, 6) is 2.03. The summed E-state index contributed by atoms with van der Waals surface area (Å²) in [4.78, 5) is 20.9. The maximum Gasteiger partial charge on any atom is 0.232 e. The second kappa shape index (κ2) is 8.06. The number of methoxy groups -OCH3 is 2. The van der Waals surface area contributed by atoms with E-state index in [4.69, 9.17) is 14.0 Å². The summed E-state index contributed by atoms with van der Waals surface area (Å²) >= 11 is 0. The first-order chi connectivity index (χ1) is 14.5. The maximum atomic E-state index is 12.7. The van der Waals surface area contributed by atoms with E-state index in [1.54, 1.807) is 31.3 Å². The van der Waals surface area contributed by atoms with E-state index >= 15 is 0 Å². The molecule has 1 aliphatic rings. The van der Waals surface area contributed by atoms with Gasteiger partial charge in [-0.25, -0.2) is 0 Å². The molecule has 1 amide bonds. The number of carbonyl (C=O) groups is 1. The highest BCUT2D eigenvalue weighted by atomic mass is 16.5. The lowest BCUT2D eigenvalue weighted by Crippen LogP contribution is -2.24. The maximum absolute atomic E-state index is 12.7. The third-order valence-electron chi connectivity index (χ3n) is 5.24. The van der Waals surface area contributed by atoms with E-state index in [1.165, 1.54) is 0 Å². The predicted octanol–water partition coefficient (Wildman–Crippen LogP) is 3.34. The van der Waals surface area contributed by atoms with Crippen molar-refractivity contribution >= 4 is 17.3 Å². The minimum absolute atomic E-state index is 0.00214. The summed E-state index contributed by atoms with van der Waals surface area (Å²) in [6.45, 7) is 0.468. The number of benzene rings is 2. The molecule has 0 spiro atoms. The highest BCUT2D eigenvalue weighted by Gasteiger charge is 2.35. The molecule has 1 saturated heterocycles. The van der Waals surface area contributed by atoms with Gasteiger partial charge in [-0.05, 0) is 36.4 Å². The number of hydrogen-bond donors (Lipinski definition) is 0. The first-order valence-corrected chi connectivity index (χ1v) is 9.64. The van der Waals surface area contributed by atoms with Gasteiger partial charge in [0.25, 0.3) is 0 Å².